The fourth-order valence-electron chi connectivity index (χ4n) is 3.01. The number of hydrogen-bond donors (Lipinski definition) is 0. The Bertz CT molecular complexity index is 1070. The van der Waals surface area contributed by atoms with Gasteiger partial charge in [0.25, 0.3) is 5.89 Å². The van der Waals surface area contributed by atoms with Crippen LogP contribution in [0, 0.1) is 6.92 Å². The molecule has 2 heterocycles. The summed E-state index contributed by atoms with van der Waals surface area (Å²) in [6.07, 6.45) is 4.31. The Morgan fingerprint density at radius 3 is 2.25 bits per heavy atom. The summed E-state index contributed by atoms with van der Waals surface area (Å²) in [4.78, 5) is 20.8. The highest BCUT2D eigenvalue weighted by molar-refractivity contribution is 5.92. The Morgan fingerprint density at radius 2 is 1.54 bits per heavy atom. The molecule has 4 nitrogen and oxygen atoms in total. The third kappa shape index (κ3) is 4.07. The maximum Gasteiger partial charge on any atom is 0.263 e. The topological polar surface area (TPSA) is 56.0 Å². The summed E-state index contributed by atoms with van der Waals surface area (Å²) in [6, 6.07) is 22.3. The second-order valence-electron chi connectivity index (χ2n) is 6.70. The molecule has 2 aromatic carbocycles. The van der Waals surface area contributed by atoms with Crippen molar-refractivity contribution in [2.45, 2.75) is 19.8 Å². The Morgan fingerprint density at radius 1 is 0.821 bits per heavy atom. The lowest BCUT2D eigenvalue weighted by Gasteiger charge is -2.04. The number of aryl methyl sites for hydroxylation is 2. The Kier molecular flexibility index (Phi) is 5.11. The fourth-order valence-corrected chi connectivity index (χ4v) is 3.01. The molecule has 0 radical (unpaired) electrons. The van der Waals surface area contributed by atoms with Crippen molar-refractivity contribution >= 4 is 5.78 Å². The molecule has 0 unspecified atom stereocenters. The number of benzene rings is 2. The lowest BCUT2D eigenvalue weighted by atomic mass is 10.0. The van der Waals surface area contributed by atoms with Crippen LogP contribution in [-0.2, 0) is 6.42 Å². The van der Waals surface area contributed by atoms with Crippen LogP contribution in [0.2, 0.25) is 0 Å². The normalized spacial score (nSPS) is 10.8. The number of ketones is 1. The van der Waals surface area contributed by atoms with Crippen molar-refractivity contribution < 1.29 is 9.21 Å². The van der Waals surface area contributed by atoms with E-state index in [0.717, 1.165) is 16.8 Å². The molecule has 4 aromatic rings. The first-order valence-electron chi connectivity index (χ1n) is 9.25. The second-order valence-corrected chi connectivity index (χ2v) is 6.70. The van der Waals surface area contributed by atoms with Gasteiger partial charge in [0.1, 0.15) is 0 Å². The zero-order valence-electron chi connectivity index (χ0n) is 15.6. The largest absolute Gasteiger partial charge is 0.434 e. The van der Waals surface area contributed by atoms with Gasteiger partial charge in [-0.05, 0) is 42.2 Å². The number of hydrogen-bond acceptors (Lipinski definition) is 4. The summed E-state index contributed by atoms with van der Waals surface area (Å²) < 4.78 is 5.64. The predicted octanol–water partition coefficient (Wildman–Crippen LogP) is 5.53. The van der Waals surface area contributed by atoms with Crippen molar-refractivity contribution in [1.29, 1.82) is 0 Å². The van der Waals surface area contributed by atoms with Crippen LogP contribution in [-0.4, -0.2) is 15.8 Å². The van der Waals surface area contributed by atoms with Crippen LogP contribution in [0.4, 0.5) is 0 Å². The van der Waals surface area contributed by atoms with Gasteiger partial charge in [0.05, 0.1) is 6.20 Å². The summed E-state index contributed by atoms with van der Waals surface area (Å²) in [5.41, 5.74) is 5.21. The van der Waals surface area contributed by atoms with Gasteiger partial charge < -0.3 is 4.42 Å². The minimum absolute atomic E-state index is 0.0987. The third-order valence-electron chi connectivity index (χ3n) is 4.64. The molecule has 0 aliphatic rings. The van der Waals surface area contributed by atoms with E-state index in [4.69, 9.17) is 4.42 Å². The number of Topliss-reactive ketones (excluding diaryl/α,β-unsaturated/α-hetero) is 1. The van der Waals surface area contributed by atoms with Gasteiger partial charge in [-0.1, -0.05) is 54.6 Å². The van der Waals surface area contributed by atoms with Gasteiger partial charge >= 0.3 is 0 Å². The highest BCUT2D eigenvalue weighted by Gasteiger charge is 2.14. The monoisotopic (exact) mass is 368 g/mol. The van der Waals surface area contributed by atoms with Crippen molar-refractivity contribution in [3.8, 4) is 22.5 Å². The number of aromatic nitrogens is 2. The molecular formula is C24H20N2O2. The van der Waals surface area contributed by atoms with Gasteiger partial charge in [-0.15, -0.1) is 0 Å². The second kappa shape index (κ2) is 8.01. The molecule has 0 saturated carbocycles. The molecule has 0 aliphatic heterocycles. The number of oxazole rings is 1. The van der Waals surface area contributed by atoms with E-state index in [1.807, 2.05) is 37.3 Å². The van der Waals surface area contributed by atoms with E-state index < -0.39 is 0 Å². The molecule has 0 bridgehead atoms. The van der Waals surface area contributed by atoms with Crippen LogP contribution >= 0.6 is 0 Å². The molecule has 0 saturated heterocycles. The quantitative estimate of drug-likeness (QED) is 0.420. The van der Waals surface area contributed by atoms with Crippen LogP contribution in [0.15, 0.2) is 83.5 Å². The number of rotatable bonds is 6. The Hall–Kier alpha value is -3.53. The Balaban J connectivity index is 1.39. The van der Waals surface area contributed by atoms with E-state index in [-0.39, 0.29) is 11.7 Å². The molecule has 4 rings (SSSR count). The highest BCUT2D eigenvalue weighted by atomic mass is 16.4. The maximum absolute atomic E-state index is 12.4. The number of nitrogens with zero attached hydrogens (tertiary/aromatic N) is 2. The minimum atomic E-state index is -0.0987. The smallest absolute Gasteiger partial charge is 0.263 e. The van der Waals surface area contributed by atoms with Gasteiger partial charge in [-0.3, -0.25) is 9.78 Å². The minimum Gasteiger partial charge on any atom is -0.434 e. The average molecular weight is 368 g/mol. The van der Waals surface area contributed by atoms with E-state index in [1.165, 1.54) is 11.1 Å². The number of carbonyl (C=O) groups excluding carboxylic acids is 1. The summed E-state index contributed by atoms with van der Waals surface area (Å²) in [5.74, 6) is 0.609. The van der Waals surface area contributed by atoms with Gasteiger partial charge in [0.15, 0.2) is 5.76 Å². The van der Waals surface area contributed by atoms with E-state index in [9.17, 15) is 4.79 Å². The molecule has 0 amide bonds. The van der Waals surface area contributed by atoms with Crippen molar-refractivity contribution in [2.75, 3.05) is 0 Å². The lowest BCUT2D eigenvalue weighted by molar-refractivity contribution is 0.0950. The molecule has 28 heavy (non-hydrogen) atoms. The molecule has 0 atom stereocenters. The molecule has 0 aliphatic carbocycles. The Labute approximate surface area is 163 Å². The van der Waals surface area contributed by atoms with Gasteiger partial charge in [-0.25, -0.2) is 4.98 Å². The third-order valence-corrected chi connectivity index (χ3v) is 4.64. The van der Waals surface area contributed by atoms with Crippen LogP contribution in [0.5, 0.6) is 0 Å². The van der Waals surface area contributed by atoms with Crippen LogP contribution in [0.25, 0.3) is 22.5 Å². The van der Waals surface area contributed by atoms with Gasteiger partial charge in [-0.2, -0.15) is 0 Å². The van der Waals surface area contributed by atoms with Gasteiger partial charge in [0, 0.05) is 23.9 Å². The predicted molar refractivity (Wildman–Crippen MR) is 109 cm³/mol. The molecule has 0 fully saturated rings. The van der Waals surface area contributed by atoms with E-state index in [2.05, 4.69) is 46.4 Å². The molecule has 2 aromatic heterocycles. The van der Waals surface area contributed by atoms with Gasteiger partial charge in [0.2, 0.25) is 5.78 Å². The maximum atomic E-state index is 12.4. The van der Waals surface area contributed by atoms with E-state index in [0.29, 0.717) is 18.6 Å². The van der Waals surface area contributed by atoms with E-state index in [1.54, 1.807) is 12.4 Å². The van der Waals surface area contributed by atoms with Crippen LogP contribution < -0.4 is 0 Å². The summed E-state index contributed by atoms with van der Waals surface area (Å²) in [7, 11) is 0. The molecule has 0 spiro atoms. The zero-order chi connectivity index (χ0) is 19.3. The number of pyridine rings is 1. The first-order chi connectivity index (χ1) is 13.7. The first kappa shape index (κ1) is 17.9. The fraction of sp³-hybridized carbons (Fsp3) is 0.125. The summed E-state index contributed by atoms with van der Waals surface area (Å²) in [6.45, 7) is 1.92. The van der Waals surface area contributed by atoms with Crippen LogP contribution in [0.3, 0.4) is 0 Å². The number of carbonyl (C=O) groups is 1. The SMILES string of the molecule is Cc1ccc(-c2cnc(C(=O)CCc3ccc(-c4ccccc4)cc3)o2)cn1. The summed E-state index contributed by atoms with van der Waals surface area (Å²) >= 11 is 0. The molecule has 138 valence electrons. The molecule has 4 heteroatoms. The van der Waals surface area contributed by atoms with E-state index >= 15 is 0 Å². The lowest BCUT2D eigenvalue weighted by Crippen LogP contribution is -2.01. The summed E-state index contributed by atoms with van der Waals surface area (Å²) in [5, 5.41) is 0. The first-order valence-corrected chi connectivity index (χ1v) is 9.25. The van der Waals surface area contributed by atoms with Crippen LogP contribution in [0.1, 0.15) is 28.4 Å². The average Bonchev–Trinajstić information content (AvgIpc) is 3.24. The van der Waals surface area contributed by atoms with Crippen molar-refractivity contribution in [1.82, 2.24) is 9.97 Å². The zero-order valence-corrected chi connectivity index (χ0v) is 15.6. The standard InChI is InChI=1S/C24H20N2O2/c1-17-7-11-21(15-25-17)23-16-26-24(28-23)22(27)14-10-18-8-12-20(13-9-18)19-5-3-2-4-6-19/h2-9,11-13,15-16H,10,14H2,1H3. The molecular weight excluding hydrogens is 348 g/mol. The molecule has 0 N–H and O–H groups in total. The van der Waals surface area contributed by atoms with Crippen molar-refractivity contribution in [3.05, 3.63) is 96.3 Å². The highest BCUT2D eigenvalue weighted by Crippen LogP contribution is 2.22. The van der Waals surface area contributed by atoms with Crippen molar-refractivity contribution in [3.63, 3.8) is 0 Å². The van der Waals surface area contributed by atoms with Crippen molar-refractivity contribution in [2.24, 2.45) is 0 Å².